The van der Waals surface area contributed by atoms with Gasteiger partial charge in [0.1, 0.15) is 11.4 Å². The van der Waals surface area contributed by atoms with Crippen LogP contribution in [0.25, 0.3) is 0 Å². The second kappa shape index (κ2) is 5.30. The fraction of sp³-hybridized carbons (Fsp3) is 0.0909. The van der Waals surface area contributed by atoms with Crippen molar-refractivity contribution in [3.63, 3.8) is 0 Å². The lowest BCUT2D eigenvalue weighted by molar-refractivity contribution is 0.279. The summed E-state index contributed by atoms with van der Waals surface area (Å²) in [6, 6.07) is 7.26. The van der Waals surface area contributed by atoms with Gasteiger partial charge in [-0.15, -0.1) is 0 Å². The summed E-state index contributed by atoms with van der Waals surface area (Å²) in [6.07, 6.45) is 3.16. The average Bonchev–Trinajstić information content (AvgIpc) is 2.33. The van der Waals surface area contributed by atoms with Crippen molar-refractivity contribution >= 4 is 23.4 Å². The Labute approximate surface area is 103 Å². The number of aliphatic hydroxyl groups is 1. The van der Waals surface area contributed by atoms with E-state index in [9.17, 15) is 5.11 Å². The minimum atomic E-state index is -0.0338. The Hall–Kier alpha value is -1.10. The molecule has 2 rings (SSSR count). The van der Waals surface area contributed by atoms with Crippen LogP contribution in [0.5, 0.6) is 0 Å². The predicted octanol–water partition coefficient (Wildman–Crippen LogP) is 2.77. The number of rotatable bonds is 3. The van der Waals surface area contributed by atoms with Crippen molar-refractivity contribution in [1.29, 1.82) is 0 Å². The van der Waals surface area contributed by atoms with Gasteiger partial charge in [0.15, 0.2) is 0 Å². The second-order valence-electron chi connectivity index (χ2n) is 3.04. The molecule has 0 radical (unpaired) electrons. The molecule has 0 fully saturated rings. The van der Waals surface area contributed by atoms with Crippen molar-refractivity contribution in [2.45, 2.75) is 16.5 Å². The average molecular weight is 253 g/mol. The first-order chi connectivity index (χ1) is 7.81. The molecule has 0 aliphatic rings. The first kappa shape index (κ1) is 11.4. The highest BCUT2D eigenvalue weighted by atomic mass is 35.5. The highest BCUT2D eigenvalue weighted by molar-refractivity contribution is 7.99. The molecule has 0 saturated carbocycles. The van der Waals surface area contributed by atoms with Crippen LogP contribution in [0.15, 0.2) is 46.7 Å². The van der Waals surface area contributed by atoms with E-state index in [-0.39, 0.29) is 6.61 Å². The Morgan fingerprint density at radius 3 is 2.88 bits per heavy atom. The van der Waals surface area contributed by atoms with E-state index in [0.29, 0.717) is 5.02 Å². The molecular weight excluding hydrogens is 244 g/mol. The van der Waals surface area contributed by atoms with Crippen LogP contribution in [0.4, 0.5) is 0 Å². The largest absolute Gasteiger partial charge is 0.392 e. The summed E-state index contributed by atoms with van der Waals surface area (Å²) in [5.74, 6) is 0. The SMILES string of the molecule is OCc1cccc(Cl)c1Sc1ccncn1. The third kappa shape index (κ3) is 2.52. The Kier molecular flexibility index (Phi) is 3.77. The molecule has 5 heteroatoms. The molecule has 1 aromatic carbocycles. The number of aliphatic hydroxyl groups excluding tert-OH is 1. The van der Waals surface area contributed by atoms with Crippen LogP contribution in [0.2, 0.25) is 5.02 Å². The number of hydrogen-bond acceptors (Lipinski definition) is 4. The maximum atomic E-state index is 9.22. The maximum Gasteiger partial charge on any atom is 0.116 e. The Morgan fingerprint density at radius 1 is 1.31 bits per heavy atom. The molecule has 0 aliphatic heterocycles. The van der Waals surface area contributed by atoms with Gasteiger partial charge in [-0.1, -0.05) is 35.5 Å². The normalized spacial score (nSPS) is 10.4. The van der Waals surface area contributed by atoms with Gasteiger partial charge in [0.2, 0.25) is 0 Å². The van der Waals surface area contributed by atoms with E-state index in [1.807, 2.05) is 12.1 Å². The molecule has 16 heavy (non-hydrogen) atoms. The highest BCUT2D eigenvalue weighted by Gasteiger charge is 2.08. The molecule has 0 unspecified atom stereocenters. The van der Waals surface area contributed by atoms with Gasteiger partial charge in [-0.25, -0.2) is 9.97 Å². The first-order valence-electron chi connectivity index (χ1n) is 4.63. The molecule has 0 amide bonds. The fourth-order valence-corrected chi connectivity index (χ4v) is 2.41. The molecule has 2 aromatic rings. The quantitative estimate of drug-likeness (QED) is 0.854. The van der Waals surface area contributed by atoms with Gasteiger partial charge in [0, 0.05) is 11.1 Å². The summed E-state index contributed by atoms with van der Waals surface area (Å²) in [4.78, 5) is 8.79. The predicted molar refractivity (Wildman–Crippen MR) is 63.5 cm³/mol. The minimum Gasteiger partial charge on any atom is -0.392 e. The number of hydrogen-bond donors (Lipinski definition) is 1. The van der Waals surface area contributed by atoms with Crippen LogP contribution in [0.1, 0.15) is 5.56 Å². The van der Waals surface area contributed by atoms with Crippen molar-refractivity contribution in [2.75, 3.05) is 0 Å². The number of aromatic nitrogens is 2. The highest BCUT2D eigenvalue weighted by Crippen LogP contribution is 2.34. The van der Waals surface area contributed by atoms with E-state index >= 15 is 0 Å². The van der Waals surface area contributed by atoms with Crippen LogP contribution in [-0.4, -0.2) is 15.1 Å². The van der Waals surface area contributed by atoms with Crippen LogP contribution in [0, 0.1) is 0 Å². The monoisotopic (exact) mass is 252 g/mol. The number of nitrogens with zero attached hydrogens (tertiary/aromatic N) is 2. The van der Waals surface area contributed by atoms with E-state index in [4.69, 9.17) is 11.6 Å². The summed E-state index contributed by atoms with van der Waals surface area (Å²) >= 11 is 7.51. The van der Waals surface area contributed by atoms with E-state index < -0.39 is 0 Å². The number of benzene rings is 1. The van der Waals surface area contributed by atoms with Gasteiger partial charge < -0.3 is 5.11 Å². The molecule has 82 valence electrons. The van der Waals surface area contributed by atoms with Gasteiger partial charge in [0.05, 0.1) is 11.6 Å². The Balaban J connectivity index is 2.34. The summed E-state index contributed by atoms with van der Waals surface area (Å²) in [5.41, 5.74) is 0.802. The molecular formula is C11H9ClN2OS. The zero-order valence-corrected chi connectivity index (χ0v) is 9.87. The molecule has 0 spiro atoms. The number of halogens is 1. The molecule has 0 bridgehead atoms. The topological polar surface area (TPSA) is 46.0 Å². The van der Waals surface area contributed by atoms with Crippen molar-refractivity contribution in [3.8, 4) is 0 Å². The first-order valence-corrected chi connectivity index (χ1v) is 5.83. The Bertz CT molecular complexity index is 479. The van der Waals surface area contributed by atoms with Crippen molar-refractivity contribution in [2.24, 2.45) is 0 Å². The standard InChI is InChI=1S/C11H9ClN2OS/c12-9-3-1-2-8(6-15)11(9)16-10-4-5-13-7-14-10/h1-5,7,15H,6H2. The summed E-state index contributed by atoms with van der Waals surface area (Å²) in [6.45, 7) is -0.0338. The van der Waals surface area contributed by atoms with Gasteiger partial charge in [-0.05, 0) is 17.7 Å². The lowest BCUT2D eigenvalue weighted by Gasteiger charge is -2.07. The molecule has 0 saturated heterocycles. The molecule has 1 heterocycles. The molecule has 1 N–H and O–H groups in total. The zero-order chi connectivity index (χ0) is 11.4. The summed E-state index contributed by atoms with van der Waals surface area (Å²) in [5, 5.41) is 10.6. The summed E-state index contributed by atoms with van der Waals surface area (Å²) in [7, 11) is 0. The lowest BCUT2D eigenvalue weighted by atomic mass is 10.2. The van der Waals surface area contributed by atoms with Gasteiger partial charge in [-0.2, -0.15) is 0 Å². The molecule has 1 aromatic heterocycles. The van der Waals surface area contributed by atoms with Crippen molar-refractivity contribution < 1.29 is 5.11 Å². The third-order valence-corrected chi connectivity index (χ3v) is 3.54. The Morgan fingerprint density at radius 2 is 2.19 bits per heavy atom. The third-order valence-electron chi connectivity index (χ3n) is 1.98. The molecule has 0 atom stereocenters. The van der Waals surface area contributed by atoms with Crippen LogP contribution in [0.3, 0.4) is 0 Å². The fourth-order valence-electron chi connectivity index (χ4n) is 1.24. The lowest BCUT2D eigenvalue weighted by Crippen LogP contribution is -1.89. The van der Waals surface area contributed by atoms with Crippen molar-refractivity contribution in [3.05, 3.63) is 47.4 Å². The van der Waals surface area contributed by atoms with E-state index in [0.717, 1.165) is 15.5 Å². The van der Waals surface area contributed by atoms with Gasteiger partial charge >= 0.3 is 0 Å². The van der Waals surface area contributed by atoms with Crippen LogP contribution >= 0.6 is 23.4 Å². The second-order valence-corrected chi connectivity index (χ2v) is 4.47. The minimum absolute atomic E-state index is 0.0338. The summed E-state index contributed by atoms with van der Waals surface area (Å²) < 4.78 is 0. The van der Waals surface area contributed by atoms with Gasteiger partial charge in [-0.3, -0.25) is 0 Å². The van der Waals surface area contributed by atoms with E-state index in [2.05, 4.69) is 9.97 Å². The van der Waals surface area contributed by atoms with E-state index in [1.165, 1.54) is 18.1 Å². The smallest absolute Gasteiger partial charge is 0.116 e. The van der Waals surface area contributed by atoms with E-state index in [1.54, 1.807) is 18.3 Å². The van der Waals surface area contributed by atoms with Crippen LogP contribution in [-0.2, 0) is 6.61 Å². The zero-order valence-electron chi connectivity index (χ0n) is 8.30. The van der Waals surface area contributed by atoms with Gasteiger partial charge in [0.25, 0.3) is 0 Å². The molecule has 0 aliphatic carbocycles. The van der Waals surface area contributed by atoms with Crippen molar-refractivity contribution in [1.82, 2.24) is 9.97 Å². The maximum absolute atomic E-state index is 9.22. The molecule has 3 nitrogen and oxygen atoms in total. The van der Waals surface area contributed by atoms with Crippen LogP contribution < -0.4 is 0 Å².